The van der Waals surface area contributed by atoms with Crippen LogP contribution in [0.5, 0.6) is 11.5 Å². The van der Waals surface area contributed by atoms with Crippen LogP contribution in [0, 0.1) is 17.0 Å². The van der Waals surface area contributed by atoms with Crippen LogP contribution in [0.25, 0.3) is 22.4 Å². The Balaban J connectivity index is 1.46. The third-order valence-electron chi connectivity index (χ3n) is 9.08. The Bertz CT molecular complexity index is 1940. The lowest BCUT2D eigenvalue weighted by Crippen LogP contribution is -2.27. The van der Waals surface area contributed by atoms with Crippen LogP contribution in [-0.4, -0.2) is 47.3 Å². The van der Waals surface area contributed by atoms with Gasteiger partial charge in [0.25, 0.3) is 0 Å². The molecule has 0 spiro atoms. The number of nitrogens with one attached hydrogen (secondary N) is 1. The van der Waals surface area contributed by atoms with Gasteiger partial charge in [-0.25, -0.2) is 23.4 Å². The molecule has 6 rings (SSSR count). The highest BCUT2D eigenvalue weighted by molar-refractivity contribution is 7.99. The highest BCUT2D eigenvalue weighted by Crippen LogP contribution is 2.41. The van der Waals surface area contributed by atoms with Gasteiger partial charge in [-0.05, 0) is 78.9 Å². The summed E-state index contributed by atoms with van der Waals surface area (Å²) in [5.41, 5.74) is 3.39. The first-order chi connectivity index (χ1) is 22.4. The third kappa shape index (κ3) is 6.90. The van der Waals surface area contributed by atoms with Gasteiger partial charge in [0.1, 0.15) is 11.6 Å². The average molecular weight is 660 g/mol. The van der Waals surface area contributed by atoms with Crippen LogP contribution in [0.3, 0.4) is 0 Å². The van der Waals surface area contributed by atoms with Gasteiger partial charge in [0, 0.05) is 25.1 Å². The number of aryl methyl sites for hydroxylation is 3. The van der Waals surface area contributed by atoms with Crippen molar-refractivity contribution in [1.29, 1.82) is 0 Å². The SMILES string of the molecule is Cn1nc2nc1-c1cc(ccc1F)Oc1c(F)cc3[nH]cnc3c1CCSCC(C)(C)CCCC2(C)c1cccc(CCC(=O)O)c1. The molecule has 1 aliphatic rings. The lowest BCUT2D eigenvalue weighted by atomic mass is 9.75. The molecule has 0 fully saturated rings. The molecular weight excluding hydrogens is 620 g/mol. The monoisotopic (exact) mass is 659 g/mol. The maximum atomic E-state index is 15.6. The van der Waals surface area contributed by atoms with E-state index in [0.29, 0.717) is 41.1 Å². The van der Waals surface area contributed by atoms with Crippen molar-refractivity contribution in [1.82, 2.24) is 24.7 Å². The first-order valence-corrected chi connectivity index (χ1v) is 17.0. The molecule has 0 radical (unpaired) electrons. The average Bonchev–Trinajstić information content (AvgIpc) is 3.66. The highest BCUT2D eigenvalue weighted by Gasteiger charge is 2.35. The van der Waals surface area contributed by atoms with Crippen molar-refractivity contribution in [3.05, 3.63) is 89.0 Å². The van der Waals surface area contributed by atoms with Crippen molar-refractivity contribution in [2.75, 3.05) is 11.5 Å². The molecule has 0 saturated carbocycles. The number of carboxylic acid groups (broad SMARTS) is 1. The molecule has 1 atom stereocenters. The number of ether oxygens (including phenoxy) is 1. The van der Waals surface area contributed by atoms with Gasteiger partial charge in [-0.1, -0.05) is 44.5 Å². The Morgan fingerprint density at radius 2 is 1.94 bits per heavy atom. The Hall–Kier alpha value is -4.25. The molecular formula is C36H39F2N5O3S. The molecule has 2 aromatic heterocycles. The molecule has 2 N–H and O–H groups in total. The number of rotatable bonds is 4. The Morgan fingerprint density at radius 1 is 1.11 bits per heavy atom. The van der Waals surface area contributed by atoms with E-state index < -0.39 is 23.0 Å². The van der Waals surface area contributed by atoms with E-state index in [2.05, 4.69) is 30.7 Å². The van der Waals surface area contributed by atoms with E-state index in [9.17, 15) is 9.90 Å². The fraction of sp³-hybridized carbons (Fsp3) is 0.389. The van der Waals surface area contributed by atoms with Gasteiger partial charge in [0.05, 0.1) is 28.3 Å². The quantitative estimate of drug-likeness (QED) is 0.200. The van der Waals surface area contributed by atoms with Gasteiger partial charge in [-0.15, -0.1) is 0 Å². The molecule has 0 aliphatic carbocycles. The van der Waals surface area contributed by atoms with Crippen LogP contribution in [0.4, 0.5) is 8.78 Å². The first kappa shape index (κ1) is 32.7. The number of fused-ring (bicyclic) bond motifs is 8. The van der Waals surface area contributed by atoms with E-state index in [1.807, 2.05) is 36.0 Å². The van der Waals surface area contributed by atoms with Crippen LogP contribution < -0.4 is 4.74 Å². The number of thioether (sulfide) groups is 1. The number of aromatic nitrogens is 5. The number of aliphatic carboxylic acids is 1. The number of imidazole rings is 1. The van der Waals surface area contributed by atoms with Crippen molar-refractivity contribution in [2.24, 2.45) is 12.5 Å². The minimum Gasteiger partial charge on any atom is -0.481 e. The molecule has 8 nitrogen and oxygen atoms in total. The molecule has 5 aromatic rings. The van der Waals surface area contributed by atoms with Gasteiger partial charge < -0.3 is 14.8 Å². The molecule has 3 heterocycles. The summed E-state index contributed by atoms with van der Waals surface area (Å²) in [7, 11) is 1.73. The summed E-state index contributed by atoms with van der Waals surface area (Å²) in [5, 5.41) is 14.1. The van der Waals surface area contributed by atoms with Crippen molar-refractivity contribution < 1.29 is 23.4 Å². The summed E-state index contributed by atoms with van der Waals surface area (Å²) in [6, 6.07) is 13.6. The van der Waals surface area contributed by atoms with E-state index in [1.54, 1.807) is 18.1 Å². The number of nitrogens with zero attached hydrogens (tertiary/aromatic N) is 4. The van der Waals surface area contributed by atoms with Crippen LogP contribution in [0.2, 0.25) is 0 Å². The highest BCUT2D eigenvalue weighted by atomic mass is 32.2. The van der Waals surface area contributed by atoms with Crippen molar-refractivity contribution >= 4 is 28.8 Å². The number of hydrogen-bond donors (Lipinski definition) is 2. The normalized spacial score (nSPS) is 18.6. The van der Waals surface area contributed by atoms with Gasteiger partial charge in [0.2, 0.25) is 0 Å². The largest absolute Gasteiger partial charge is 0.481 e. The van der Waals surface area contributed by atoms with Gasteiger partial charge in [0.15, 0.2) is 23.2 Å². The van der Waals surface area contributed by atoms with Crippen LogP contribution in [0.15, 0.2) is 54.9 Å². The predicted octanol–water partition coefficient (Wildman–Crippen LogP) is 8.24. The summed E-state index contributed by atoms with van der Waals surface area (Å²) >= 11 is 1.82. The summed E-state index contributed by atoms with van der Waals surface area (Å²) in [5.74, 6) is 0.997. The van der Waals surface area contributed by atoms with Gasteiger partial charge >= 0.3 is 5.97 Å². The number of aromatic amines is 1. The smallest absolute Gasteiger partial charge is 0.303 e. The zero-order valence-electron chi connectivity index (χ0n) is 27.1. The van der Waals surface area contributed by atoms with E-state index >= 15 is 8.78 Å². The molecule has 3 aromatic carbocycles. The lowest BCUT2D eigenvalue weighted by Gasteiger charge is -2.30. The minimum absolute atomic E-state index is 0.0204. The number of halogens is 2. The Kier molecular flexibility index (Phi) is 9.11. The molecule has 47 heavy (non-hydrogen) atoms. The molecule has 0 amide bonds. The van der Waals surface area contributed by atoms with E-state index in [-0.39, 0.29) is 28.9 Å². The Morgan fingerprint density at radius 3 is 2.74 bits per heavy atom. The fourth-order valence-corrected chi connectivity index (χ4v) is 7.56. The number of carboxylic acids is 1. The van der Waals surface area contributed by atoms with E-state index in [4.69, 9.17) is 14.8 Å². The molecule has 1 unspecified atom stereocenters. The van der Waals surface area contributed by atoms with Crippen LogP contribution in [0.1, 0.15) is 69.0 Å². The summed E-state index contributed by atoms with van der Waals surface area (Å²) in [4.78, 5) is 23.7. The van der Waals surface area contributed by atoms with Crippen LogP contribution in [-0.2, 0) is 30.1 Å². The molecule has 11 heteroatoms. The third-order valence-corrected chi connectivity index (χ3v) is 10.6. The second kappa shape index (κ2) is 13.1. The molecule has 246 valence electrons. The summed E-state index contributed by atoms with van der Waals surface area (Å²) in [6.45, 7) is 6.63. The van der Waals surface area contributed by atoms with Crippen molar-refractivity contribution in [3.8, 4) is 22.9 Å². The van der Waals surface area contributed by atoms with E-state index in [0.717, 1.165) is 41.9 Å². The number of hydrogen-bond acceptors (Lipinski definition) is 6. The number of benzene rings is 3. The first-order valence-electron chi connectivity index (χ1n) is 15.9. The predicted molar refractivity (Wildman–Crippen MR) is 180 cm³/mol. The minimum atomic E-state index is -0.845. The topological polar surface area (TPSA) is 106 Å². The zero-order valence-corrected chi connectivity index (χ0v) is 27.9. The van der Waals surface area contributed by atoms with Gasteiger partial charge in [-0.3, -0.25) is 4.79 Å². The second-order valence-electron chi connectivity index (χ2n) is 13.3. The Labute approximate surface area is 277 Å². The second-order valence-corrected chi connectivity index (χ2v) is 14.4. The number of H-pyrrole nitrogens is 1. The van der Waals surface area contributed by atoms with E-state index in [1.165, 1.54) is 24.3 Å². The maximum Gasteiger partial charge on any atom is 0.303 e. The molecule has 1 aliphatic heterocycles. The van der Waals surface area contributed by atoms with Crippen molar-refractivity contribution in [2.45, 2.75) is 64.7 Å². The molecule has 4 bridgehead atoms. The number of carbonyl (C=O) groups is 1. The molecule has 0 saturated heterocycles. The standard InChI is InChI=1S/C36H39F2N5O3S/c1-35(2)14-6-15-36(3,23-8-5-7-22(17-23)9-12-30(44)45)34-41-33(43(4)42-34)26-18-24(10-11-27(26)37)46-32-25(13-16-47-20-35)31-29(19-28(32)38)39-21-40-31/h5,7-8,10-11,17-19,21H,6,9,12-16,20H2,1-4H3,(H,39,40)(H,44,45). The fourth-order valence-electron chi connectivity index (χ4n) is 6.37. The van der Waals surface area contributed by atoms with Crippen LogP contribution >= 0.6 is 11.8 Å². The van der Waals surface area contributed by atoms with Gasteiger partial charge in [-0.2, -0.15) is 16.9 Å². The van der Waals surface area contributed by atoms with Crippen molar-refractivity contribution in [3.63, 3.8) is 0 Å². The zero-order chi connectivity index (χ0) is 33.3. The summed E-state index contributed by atoms with van der Waals surface area (Å²) < 4.78 is 38.9. The summed E-state index contributed by atoms with van der Waals surface area (Å²) in [6.07, 6.45) is 5.12. The lowest BCUT2D eigenvalue weighted by molar-refractivity contribution is -0.136. The maximum absolute atomic E-state index is 15.6.